The highest BCUT2D eigenvalue weighted by atomic mass is 19.4. The topological polar surface area (TPSA) is 29.3 Å². The molecule has 116 valence electrons. The molecule has 0 heterocycles. The highest BCUT2D eigenvalue weighted by molar-refractivity contribution is 5.58. The summed E-state index contributed by atoms with van der Waals surface area (Å²) >= 11 is 0. The number of hydrogen-bond donors (Lipinski definition) is 1. The average molecular weight is 298 g/mol. The Hall–Kier alpha value is -1.23. The van der Waals surface area contributed by atoms with Crippen molar-refractivity contribution >= 4 is 5.69 Å². The van der Waals surface area contributed by atoms with Gasteiger partial charge < -0.3 is 10.6 Å². The maximum absolute atomic E-state index is 13.4. The average Bonchev–Trinajstić information content (AvgIpc) is 3.28. The van der Waals surface area contributed by atoms with Crippen LogP contribution in [0.5, 0.6) is 0 Å². The first-order valence-electron chi connectivity index (χ1n) is 7.66. The molecule has 0 aliphatic heterocycles. The largest absolute Gasteiger partial charge is 0.418 e. The van der Waals surface area contributed by atoms with Crippen LogP contribution in [0, 0.1) is 5.92 Å². The minimum Gasteiger partial charge on any atom is -0.368 e. The summed E-state index contributed by atoms with van der Waals surface area (Å²) in [6, 6.07) is 5.02. The number of alkyl halides is 3. The van der Waals surface area contributed by atoms with Crippen LogP contribution in [0.2, 0.25) is 0 Å². The van der Waals surface area contributed by atoms with E-state index in [4.69, 9.17) is 5.73 Å². The van der Waals surface area contributed by atoms with Crippen molar-refractivity contribution in [2.75, 3.05) is 18.0 Å². The zero-order valence-electron chi connectivity index (χ0n) is 12.0. The van der Waals surface area contributed by atoms with E-state index in [9.17, 15) is 13.2 Å². The van der Waals surface area contributed by atoms with Crippen molar-refractivity contribution in [2.45, 2.75) is 44.3 Å². The number of benzene rings is 1. The second-order valence-corrected chi connectivity index (χ2v) is 6.21. The monoisotopic (exact) mass is 298 g/mol. The van der Waals surface area contributed by atoms with Crippen LogP contribution in [0.25, 0.3) is 0 Å². The van der Waals surface area contributed by atoms with E-state index in [0.717, 1.165) is 32.2 Å². The number of halogens is 3. The molecule has 2 saturated carbocycles. The van der Waals surface area contributed by atoms with Gasteiger partial charge in [0.05, 0.1) is 5.56 Å². The Morgan fingerprint density at radius 2 is 1.86 bits per heavy atom. The van der Waals surface area contributed by atoms with Gasteiger partial charge in [-0.3, -0.25) is 0 Å². The molecule has 0 spiro atoms. The Morgan fingerprint density at radius 1 is 1.14 bits per heavy atom. The van der Waals surface area contributed by atoms with Crippen molar-refractivity contribution in [3.8, 4) is 0 Å². The molecule has 0 radical (unpaired) electrons. The van der Waals surface area contributed by atoms with Gasteiger partial charge in [-0.2, -0.15) is 13.2 Å². The van der Waals surface area contributed by atoms with E-state index in [0.29, 0.717) is 36.2 Å². The Labute approximate surface area is 123 Å². The Balaban J connectivity index is 1.94. The molecule has 0 unspecified atom stereocenters. The highest BCUT2D eigenvalue weighted by Gasteiger charge is 2.40. The van der Waals surface area contributed by atoms with Crippen LogP contribution in [0.3, 0.4) is 0 Å². The lowest BCUT2D eigenvalue weighted by atomic mass is 10.0. The molecule has 0 aromatic heterocycles. The summed E-state index contributed by atoms with van der Waals surface area (Å²) in [7, 11) is 0. The molecule has 21 heavy (non-hydrogen) atoms. The molecule has 5 heteroatoms. The normalized spacial score (nSPS) is 18.9. The minimum atomic E-state index is -4.31. The van der Waals surface area contributed by atoms with Crippen LogP contribution < -0.4 is 10.6 Å². The van der Waals surface area contributed by atoms with Crippen molar-refractivity contribution in [3.63, 3.8) is 0 Å². The van der Waals surface area contributed by atoms with E-state index in [-0.39, 0.29) is 0 Å². The van der Waals surface area contributed by atoms with Crippen LogP contribution in [-0.2, 0) is 12.6 Å². The van der Waals surface area contributed by atoms with Gasteiger partial charge in [-0.05, 0) is 62.3 Å². The molecule has 3 rings (SSSR count). The van der Waals surface area contributed by atoms with Crippen LogP contribution in [-0.4, -0.2) is 19.1 Å². The van der Waals surface area contributed by atoms with Gasteiger partial charge in [0.2, 0.25) is 0 Å². The molecular weight excluding hydrogens is 277 g/mol. The number of anilines is 1. The number of nitrogens with zero attached hydrogens (tertiary/aromatic N) is 1. The third kappa shape index (κ3) is 3.51. The molecule has 0 saturated heterocycles. The molecular formula is C16H21F3N2. The van der Waals surface area contributed by atoms with Gasteiger partial charge in [0.25, 0.3) is 0 Å². The van der Waals surface area contributed by atoms with Crippen molar-refractivity contribution in [3.05, 3.63) is 29.3 Å². The summed E-state index contributed by atoms with van der Waals surface area (Å²) in [5.74, 6) is 0.579. The molecule has 2 nitrogen and oxygen atoms in total. The van der Waals surface area contributed by atoms with Crippen LogP contribution in [0.4, 0.5) is 18.9 Å². The number of nitrogens with two attached hydrogens (primary N) is 1. The van der Waals surface area contributed by atoms with Crippen molar-refractivity contribution in [1.29, 1.82) is 0 Å². The predicted molar refractivity (Wildman–Crippen MR) is 77.3 cm³/mol. The van der Waals surface area contributed by atoms with E-state index in [1.54, 1.807) is 12.1 Å². The van der Waals surface area contributed by atoms with E-state index in [1.165, 1.54) is 6.07 Å². The first kappa shape index (κ1) is 14.7. The lowest BCUT2D eigenvalue weighted by Crippen LogP contribution is -2.30. The van der Waals surface area contributed by atoms with E-state index in [2.05, 4.69) is 0 Å². The second kappa shape index (κ2) is 5.52. The summed E-state index contributed by atoms with van der Waals surface area (Å²) in [6.45, 7) is 1.13. The fourth-order valence-corrected chi connectivity index (χ4v) is 2.79. The smallest absolute Gasteiger partial charge is 0.368 e. The van der Waals surface area contributed by atoms with E-state index < -0.39 is 11.7 Å². The molecule has 0 amide bonds. The van der Waals surface area contributed by atoms with Crippen LogP contribution >= 0.6 is 0 Å². The van der Waals surface area contributed by atoms with Gasteiger partial charge in [-0.1, -0.05) is 6.07 Å². The maximum atomic E-state index is 13.4. The molecule has 1 aromatic rings. The minimum absolute atomic E-state index is 0.298. The quantitative estimate of drug-likeness (QED) is 0.869. The van der Waals surface area contributed by atoms with Gasteiger partial charge in [0, 0.05) is 18.3 Å². The summed E-state index contributed by atoms with van der Waals surface area (Å²) in [6.07, 6.45) is 0.487. The molecule has 2 fully saturated rings. The third-order valence-electron chi connectivity index (χ3n) is 4.25. The zero-order valence-corrected chi connectivity index (χ0v) is 12.0. The van der Waals surface area contributed by atoms with Gasteiger partial charge in [-0.15, -0.1) is 0 Å². The summed E-state index contributed by atoms with van der Waals surface area (Å²) < 4.78 is 40.2. The van der Waals surface area contributed by atoms with E-state index in [1.807, 2.05) is 4.90 Å². The molecule has 2 N–H and O–H groups in total. The maximum Gasteiger partial charge on any atom is 0.418 e. The SMILES string of the molecule is NCCc1ccc(N(CC2CC2)C2CC2)c(C(F)(F)F)c1. The Morgan fingerprint density at radius 3 is 2.38 bits per heavy atom. The number of rotatable bonds is 6. The van der Waals surface area contributed by atoms with Crippen LogP contribution in [0.1, 0.15) is 36.8 Å². The molecule has 2 aliphatic rings. The second-order valence-electron chi connectivity index (χ2n) is 6.21. The first-order chi connectivity index (χ1) is 9.99. The van der Waals surface area contributed by atoms with E-state index >= 15 is 0 Å². The molecule has 0 atom stereocenters. The van der Waals surface area contributed by atoms with Gasteiger partial charge in [0.1, 0.15) is 0 Å². The molecule has 1 aromatic carbocycles. The van der Waals surface area contributed by atoms with Gasteiger partial charge >= 0.3 is 6.18 Å². The highest BCUT2D eigenvalue weighted by Crippen LogP contribution is 2.43. The fourth-order valence-electron chi connectivity index (χ4n) is 2.79. The van der Waals surface area contributed by atoms with Crippen molar-refractivity contribution in [2.24, 2.45) is 11.7 Å². The Bertz CT molecular complexity index is 505. The van der Waals surface area contributed by atoms with Crippen molar-refractivity contribution < 1.29 is 13.2 Å². The Kier molecular flexibility index (Phi) is 3.86. The van der Waals surface area contributed by atoms with Gasteiger partial charge in [-0.25, -0.2) is 0 Å². The van der Waals surface area contributed by atoms with Crippen molar-refractivity contribution in [1.82, 2.24) is 0 Å². The predicted octanol–water partition coefficient (Wildman–Crippen LogP) is 3.59. The third-order valence-corrected chi connectivity index (χ3v) is 4.25. The lowest BCUT2D eigenvalue weighted by molar-refractivity contribution is -0.137. The first-order valence-corrected chi connectivity index (χ1v) is 7.66. The fraction of sp³-hybridized carbons (Fsp3) is 0.625. The number of hydrogen-bond acceptors (Lipinski definition) is 2. The molecule has 0 bridgehead atoms. The zero-order chi connectivity index (χ0) is 15.0. The van der Waals surface area contributed by atoms with Crippen LogP contribution in [0.15, 0.2) is 18.2 Å². The summed E-state index contributed by atoms with van der Waals surface area (Å²) in [5, 5.41) is 0. The summed E-state index contributed by atoms with van der Waals surface area (Å²) in [4.78, 5) is 1.99. The molecule has 2 aliphatic carbocycles. The standard InChI is InChI=1S/C16H21F3N2/c17-16(18,19)14-9-11(7-8-20)3-6-15(14)21(13-4-5-13)10-12-1-2-12/h3,6,9,12-13H,1-2,4-5,7-8,10,20H2. The lowest BCUT2D eigenvalue weighted by Gasteiger charge is -2.28. The van der Waals surface area contributed by atoms with Gasteiger partial charge in [0.15, 0.2) is 0 Å². The summed E-state index contributed by atoms with van der Waals surface area (Å²) in [5.41, 5.74) is 5.98.